The van der Waals surface area contributed by atoms with E-state index in [-0.39, 0.29) is 22.3 Å². The summed E-state index contributed by atoms with van der Waals surface area (Å²) in [5.41, 5.74) is -0.857. The van der Waals surface area contributed by atoms with Gasteiger partial charge in [0.1, 0.15) is 16.7 Å². The number of carbonyl (C=O) groups excluding carboxylic acids is 2. The number of aromatic hydroxyl groups is 1. The number of esters is 2. The van der Waals surface area contributed by atoms with E-state index in [0.717, 1.165) is 0 Å². The lowest BCUT2D eigenvalue weighted by molar-refractivity contribution is -0.131. The van der Waals surface area contributed by atoms with Gasteiger partial charge in [-0.2, -0.15) is 0 Å². The molecule has 0 saturated heterocycles. The largest absolute Gasteiger partial charge is 0.503 e. The molecule has 0 unspecified atom stereocenters. The van der Waals surface area contributed by atoms with E-state index in [9.17, 15) is 19.5 Å². The molecule has 1 aromatic heterocycles. The number of rotatable bonds is 3. The van der Waals surface area contributed by atoms with Crippen molar-refractivity contribution in [2.75, 3.05) is 0 Å². The van der Waals surface area contributed by atoms with Gasteiger partial charge in [-0.1, -0.05) is 24.3 Å². The highest BCUT2D eigenvalue weighted by Crippen LogP contribution is 2.38. The topological polar surface area (TPSA) is 103 Å². The van der Waals surface area contributed by atoms with Crippen LogP contribution in [0, 0.1) is 0 Å². The molecule has 1 heterocycles. The van der Waals surface area contributed by atoms with Crippen molar-refractivity contribution in [3.05, 3.63) is 64.5 Å². The van der Waals surface area contributed by atoms with Crippen LogP contribution in [0.2, 0.25) is 0 Å². The standard InChI is InChI=1S/C18H12O7/c1-10(19)23-12-8-5-9-13-14(12)15(20)16(18(22)24-13)25-17(21)11-6-3-2-4-7-11/h2-9,20H,1H3. The van der Waals surface area contributed by atoms with Gasteiger partial charge in [0.25, 0.3) is 5.75 Å². The number of hydrogen-bond donors (Lipinski definition) is 1. The Morgan fingerprint density at radius 2 is 1.72 bits per heavy atom. The molecule has 2 aromatic carbocycles. The molecule has 0 radical (unpaired) electrons. The molecule has 0 aliphatic carbocycles. The van der Waals surface area contributed by atoms with E-state index in [1.165, 1.54) is 37.3 Å². The van der Waals surface area contributed by atoms with Gasteiger partial charge >= 0.3 is 17.6 Å². The van der Waals surface area contributed by atoms with Crippen LogP contribution in [0.4, 0.5) is 0 Å². The van der Waals surface area contributed by atoms with E-state index < -0.39 is 29.1 Å². The fourth-order valence-corrected chi connectivity index (χ4v) is 2.24. The maximum Gasteiger partial charge on any atom is 0.383 e. The monoisotopic (exact) mass is 340 g/mol. The third kappa shape index (κ3) is 3.20. The molecule has 1 N–H and O–H groups in total. The molecule has 126 valence electrons. The Balaban J connectivity index is 2.11. The molecular weight excluding hydrogens is 328 g/mol. The van der Waals surface area contributed by atoms with Gasteiger partial charge in [0.05, 0.1) is 5.56 Å². The van der Waals surface area contributed by atoms with Gasteiger partial charge in [-0.15, -0.1) is 0 Å². The van der Waals surface area contributed by atoms with Gasteiger partial charge in [0, 0.05) is 6.92 Å². The van der Waals surface area contributed by atoms with Crippen molar-refractivity contribution in [3.8, 4) is 17.2 Å². The van der Waals surface area contributed by atoms with Gasteiger partial charge in [0.15, 0.2) is 5.75 Å². The van der Waals surface area contributed by atoms with E-state index in [0.29, 0.717) is 0 Å². The summed E-state index contributed by atoms with van der Waals surface area (Å²) in [7, 11) is 0. The van der Waals surface area contributed by atoms with E-state index >= 15 is 0 Å². The molecule has 0 spiro atoms. The molecule has 3 rings (SSSR count). The van der Waals surface area contributed by atoms with Gasteiger partial charge in [0.2, 0.25) is 0 Å². The average Bonchev–Trinajstić information content (AvgIpc) is 2.58. The Bertz CT molecular complexity index is 1020. The quantitative estimate of drug-likeness (QED) is 0.444. The zero-order valence-electron chi connectivity index (χ0n) is 13.0. The zero-order chi connectivity index (χ0) is 18.0. The van der Waals surface area contributed by atoms with E-state index in [1.54, 1.807) is 18.2 Å². The summed E-state index contributed by atoms with van der Waals surface area (Å²) >= 11 is 0. The number of ether oxygens (including phenoxy) is 2. The van der Waals surface area contributed by atoms with Crippen molar-refractivity contribution >= 4 is 22.9 Å². The average molecular weight is 340 g/mol. The first kappa shape index (κ1) is 16.3. The summed E-state index contributed by atoms with van der Waals surface area (Å²) in [6.07, 6.45) is 0. The van der Waals surface area contributed by atoms with Crippen LogP contribution < -0.4 is 15.1 Å². The maximum absolute atomic E-state index is 12.1. The maximum atomic E-state index is 12.1. The summed E-state index contributed by atoms with van der Waals surface area (Å²) in [5.74, 6) is -2.81. The van der Waals surface area contributed by atoms with Crippen LogP contribution in [0.1, 0.15) is 17.3 Å². The highest BCUT2D eigenvalue weighted by atomic mass is 16.6. The van der Waals surface area contributed by atoms with Gasteiger partial charge < -0.3 is 19.0 Å². The molecular formula is C18H12O7. The second-order valence-electron chi connectivity index (χ2n) is 5.05. The second kappa shape index (κ2) is 6.48. The van der Waals surface area contributed by atoms with Crippen molar-refractivity contribution in [2.24, 2.45) is 0 Å². The lowest BCUT2D eigenvalue weighted by atomic mass is 10.2. The summed E-state index contributed by atoms with van der Waals surface area (Å²) in [4.78, 5) is 35.4. The Kier molecular flexibility index (Phi) is 4.21. The number of hydrogen-bond acceptors (Lipinski definition) is 7. The Hall–Kier alpha value is -3.61. The van der Waals surface area contributed by atoms with Crippen LogP contribution >= 0.6 is 0 Å². The number of benzene rings is 2. The first-order valence-electron chi connectivity index (χ1n) is 7.22. The van der Waals surface area contributed by atoms with Gasteiger partial charge in [-0.25, -0.2) is 9.59 Å². The molecule has 0 amide bonds. The Morgan fingerprint density at radius 1 is 1.00 bits per heavy atom. The Labute approximate surface area is 141 Å². The summed E-state index contributed by atoms with van der Waals surface area (Å²) in [6, 6.07) is 12.2. The fourth-order valence-electron chi connectivity index (χ4n) is 2.24. The number of carbonyl (C=O) groups is 2. The van der Waals surface area contributed by atoms with Gasteiger partial charge in [-0.05, 0) is 24.3 Å². The van der Waals surface area contributed by atoms with Crippen LogP contribution in [-0.4, -0.2) is 17.0 Å². The van der Waals surface area contributed by atoms with Crippen LogP contribution in [-0.2, 0) is 4.79 Å². The molecule has 0 bridgehead atoms. The number of fused-ring (bicyclic) bond motifs is 1. The van der Waals surface area contributed by atoms with Crippen molar-refractivity contribution in [1.29, 1.82) is 0 Å². The van der Waals surface area contributed by atoms with Crippen molar-refractivity contribution in [1.82, 2.24) is 0 Å². The molecule has 3 aromatic rings. The van der Waals surface area contributed by atoms with Crippen molar-refractivity contribution in [2.45, 2.75) is 6.92 Å². The molecule has 7 heteroatoms. The van der Waals surface area contributed by atoms with Crippen LogP contribution in [0.15, 0.2) is 57.7 Å². The highest BCUT2D eigenvalue weighted by molar-refractivity contribution is 5.95. The molecule has 0 fully saturated rings. The molecule has 7 nitrogen and oxygen atoms in total. The normalized spacial score (nSPS) is 10.4. The minimum absolute atomic E-state index is 0.0132. The van der Waals surface area contributed by atoms with Gasteiger partial charge in [-0.3, -0.25) is 4.79 Å². The highest BCUT2D eigenvalue weighted by Gasteiger charge is 2.22. The first-order chi connectivity index (χ1) is 12.0. The first-order valence-corrected chi connectivity index (χ1v) is 7.22. The van der Waals surface area contributed by atoms with Crippen LogP contribution in [0.25, 0.3) is 11.0 Å². The SMILES string of the molecule is CC(=O)Oc1cccc2oc(=O)c(OC(=O)c3ccccc3)c(O)c12. The fraction of sp³-hybridized carbons (Fsp3) is 0.0556. The molecule has 25 heavy (non-hydrogen) atoms. The van der Waals surface area contributed by atoms with Crippen LogP contribution in [0.5, 0.6) is 17.2 Å². The lowest BCUT2D eigenvalue weighted by Gasteiger charge is -2.10. The third-order valence-corrected chi connectivity index (χ3v) is 3.29. The van der Waals surface area contributed by atoms with E-state index in [2.05, 4.69) is 0 Å². The lowest BCUT2D eigenvalue weighted by Crippen LogP contribution is -2.15. The molecule has 0 aliphatic rings. The third-order valence-electron chi connectivity index (χ3n) is 3.29. The Morgan fingerprint density at radius 3 is 2.40 bits per heavy atom. The van der Waals surface area contributed by atoms with Crippen LogP contribution in [0.3, 0.4) is 0 Å². The molecule has 0 aliphatic heterocycles. The predicted octanol–water partition coefficient (Wildman–Crippen LogP) is 2.64. The van der Waals surface area contributed by atoms with Crippen molar-refractivity contribution in [3.63, 3.8) is 0 Å². The molecule has 0 atom stereocenters. The van der Waals surface area contributed by atoms with E-state index in [1.807, 2.05) is 0 Å². The minimum atomic E-state index is -1.03. The van der Waals surface area contributed by atoms with E-state index in [4.69, 9.17) is 13.9 Å². The molecule has 0 saturated carbocycles. The minimum Gasteiger partial charge on any atom is -0.503 e. The zero-order valence-corrected chi connectivity index (χ0v) is 13.0. The summed E-state index contributed by atoms with van der Waals surface area (Å²) in [5, 5.41) is 10.3. The second-order valence-corrected chi connectivity index (χ2v) is 5.05. The predicted molar refractivity (Wildman–Crippen MR) is 86.9 cm³/mol. The summed E-state index contributed by atoms with van der Waals surface area (Å²) < 4.78 is 15.0. The summed E-state index contributed by atoms with van der Waals surface area (Å²) in [6.45, 7) is 1.19. The van der Waals surface area contributed by atoms with Crippen molar-refractivity contribution < 1.29 is 28.6 Å². The smallest absolute Gasteiger partial charge is 0.383 e.